The fraction of sp³-hybridized carbons (Fsp3) is 0.467. The first-order valence-electron chi connectivity index (χ1n) is 18.4. The Balaban J connectivity index is 3.78. The highest BCUT2D eigenvalue weighted by Crippen LogP contribution is 2.08. The van der Waals surface area contributed by atoms with Crippen molar-refractivity contribution >= 4 is 11.8 Å². The number of allylic oxidation sites excluding steroid dienone is 22. The van der Waals surface area contributed by atoms with Gasteiger partial charge in [0, 0.05) is 18.8 Å². The van der Waals surface area contributed by atoms with Crippen molar-refractivity contribution in [3.8, 4) is 0 Å². The van der Waals surface area contributed by atoms with Gasteiger partial charge in [-0.05, 0) is 89.9 Å². The summed E-state index contributed by atoms with van der Waals surface area (Å²) in [4.78, 5) is 24.4. The molecule has 0 aromatic heterocycles. The molecule has 0 bridgehead atoms. The molecule has 1 atom stereocenters. The predicted molar refractivity (Wildman–Crippen MR) is 211 cm³/mol. The van der Waals surface area contributed by atoms with Gasteiger partial charge in [-0.25, -0.2) is 0 Å². The quantitative estimate of drug-likeness (QED) is 0.0440. The molecule has 0 saturated heterocycles. The van der Waals surface area contributed by atoms with E-state index >= 15 is 0 Å². The number of hydrogen-bond donors (Lipinski definition) is 0. The third-order valence-electron chi connectivity index (χ3n) is 7.11. The van der Waals surface area contributed by atoms with Gasteiger partial charge in [0.05, 0.1) is 0 Å². The van der Waals surface area contributed by atoms with E-state index in [1.807, 2.05) is 6.92 Å². The summed E-state index contributed by atoms with van der Waals surface area (Å²) < 4.78 is 5.35. The summed E-state index contributed by atoms with van der Waals surface area (Å²) >= 11 is 0. The molecule has 0 N–H and O–H groups in total. The van der Waals surface area contributed by atoms with E-state index < -0.39 is 0 Å². The number of unbranched alkanes of at least 4 members (excludes halogenated alkanes) is 1. The van der Waals surface area contributed by atoms with Gasteiger partial charge < -0.3 is 4.74 Å². The highest BCUT2D eigenvalue weighted by molar-refractivity contribution is 5.81. The van der Waals surface area contributed by atoms with E-state index in [0.717, 1.165) is 89.9 Å². The molecule has 0 unspecified atom stereocenters. The minimum atomic E-state index is -0.265. The second-order valence-corrected chi connectivity index (χ2v) is 11.6. The van der Waals surface area contributed by atoms with E-state index in [1.54, 1.807) is 0 Å². The molecule has 0 saturated carbocycles. The Morgan fingerprint density at radius 2 is 0.750 bits per heavy atom. The standard InChI is InChI=1S/C45H66O3/c1-4-6-8-10-12-14-16-18-20-22-23-25-26-28-30-32-34-36-38-40-44(46)43(3)42-48-45(47)41-39-37-35-33-31-29-27-24-21-19-17-15-13-11-9-7-5-2/h6-9,12-15,18-21,23,25,27-30,33-36,43H,4-5,10-11,16-17,22,24,26,31-32,37-42H2,1-3H3/t43-/m0/s1. The number of carbonyl (C=O) groups excluding carboxylic acids is 2. The first-order valence-corrected chi connectivity index (χ1v) is 18.4. The van der Waals surface area contributed by atoms with Crippen molar-refractivity contribution in [3.63, 3.8) is 0 Å². The van der Waals surface area contributed by atoms with E-state index in [0.29, 0.717) is 12.8 Å². The molecule has 0 aliphatic carbocycles. The molecular formula is C45H66O3. The lowest BCUT2D eigenvalue weighted by Gasteiger charge is -2.10. The lowest BCUT2D eigenvalue weighted by molar-refractivity contribution is -0.146. The van der Waals surface area contributed by atoms with Crippen LogP contribution in [-0.4, -0.2) is 18.4 Å². The molecule has 0 amide bonds. The van der Waals surface area contributed by atoms with Gasteiger partial charge in [0.2, 0.25) is 0 Å². The Bertz CT molecular complexity index is 1100. The monoisotopic (exact) mass is 655 g/mol. The van der Waals surface area contributed by atoms with E-state index in [2.05, 4.69) is 148 Å². The zero-order chi connectivity index (χ0) is 35.0. The van der Waals surface area contributed by atoms with Crippen LogP contribution in [0.4, 0.5) is 0 Å². The molecule has 0 aromatic rings. The molecule has 0 aromatic carbocycles. The minimum Gasteiger partial charge on any atom is -0.465 e. The maximum absolute atomic E-state index is 12.4. The molecule has 0 heterocycles. The fourth-order valence-corrected chi connectivity index (χ4v) is 4.23. The first-order chi connectivity index (χ1) is 23.6. The molecule has 48 heavy (non-hydrogen) atoms. The topological polar surface area (TPSA) is 43.4 Å². The lowest BCUT2D eigenvalue weighted by atomic mass is 10.0. The molecule has 3 heteroatoms. The number of carbonyl (C=O) groups is 2. The summed E-state index contributed by atoms with van der Waals surface area (Å²) in [5, 5.41) is 0. The van der Waals surface area contributed by atoms with Crippen LogP contribution < -0.4 is 0 Å². The maximum Gasteiger partial charge on any atom is 0.305 e. The largest absolute Gasteiger partial charge is 0.465 e. The van der Waals surface area contributed by atoms with Gasteiger partial charge in [0.25, 0.3) is 0 Å². The van der Waals surface area contributed by atoms with Crippen LogP contribution in [0.25, 0.3) is 0 Å². The average molecular weight is 655 g/mol. The zero-order valence-corrected chi connectivity index (χ0v) is 30.5. The predicted octanol–water partition coefficient (Wildman–Crippen LogP) is 13.1. The van der Waals surface area contributed by atoms with Crippen LogP contribution in [0.1, 0.15) is 124 Å². The normalized spacial score (nSPS) is 13.9. The van der Waals surface area contributed by atoms with Crippen LogP contribution in [0, 0.1) is 5.92 Å². The van der Waals surface area contributed by atoms with Crippen LogP contribution in [0.5, 0.6) is 0 Å². The number of ether oxygens (including phenoxy) is 1. The van der Waals surface area contributed by atoms with Crippen LogP contribution in [0.2, 0.25) is 0 Å². The Morgan fingerprint density at radius 3 is 1.10 bits per heavy atom. The molecule has 0 radical (unpaired) electrons. The van der Waals surface area contributed by atoms with Crippen LogP contribution >= 0.6 is 0 Å². The Labute approximate surface area is 295 Å². The Morgan fingerprint density at radius 1 is 0.438 bits per heavy atom. The van der Waals surface area contributed by atoms with Gasteiger partial charge in [-0.15, -0.1) is 0 Å². The SMILES string of the molecule is CCC=CCC=CCC=CCC=CCC=CCC=CCCC(=O)[C@@H](C)COC(=O)CCCC=CCC=CCC=CCC=CCC=CCC. The summed E-state index contributed by atoms with van der Waals surface area (Å²) in [7, 11) is 0. The van der Waals surface area contributed by atoms with Crippen LogP contribution in [0.3, 0.4) is 0 Å². The number of hydrogen-bond acceptors (Lipinski definition) is 3. The summed E-state index contributed by atoms with van der Waals surface area (Å²) in [6.45, 7) is 6.31. The lowest BCUT2D eigenvalue weighted by Crippen LogP contribution is -2.19. The zero-order valence-electron chi connectivity index (χ0n) is 30.5. The minimum absolute atomic E-state index is 0.140. The fourth-order valence-electron chi connectivity index (χ4n) is 4.23. The molecule has 0 aliphatic rings. The van der Waals surface area contributed by atoms with Crippen molar-refractivity contribution < 1.29 is 14.3 Å². The van der Waals surface area contributed by atoms with Gasteiger partial charge in [0.15, 0.2) is 0 Å². The molecule has 0 fully saturated rings. The summed E-state index contributed by atoms with van der Waals surface area (Å²) in [6, 6.07) is 0. The third kappa shape index (κ3) is 35.1. The molecule has 264 valence electrons. The smallest absolute Gasteiger partial charge is 0.305 e. The van der Waals surface area contributed by atoms with E-state index in [4.69, 9.17) is 4.74 Å². The average Bonchev–Trinajstić information content (AvgIpc) is 3.09. The van der Waals surface area contributed by atoms with Gasteiger partial charge in [-0.3, -0.25) is 9.59 Å². The summed E-state index contributed by atoms with van der Waals surface area (Å²) in [5.41, 5.74) is 0. The second kappa shape index (κ2) is 37.7. The van der Waals surface area contributed by atoms with Crippen molar-refractivity contribution in [1.82, 2.24) is 0 Å². The number of Topliss-reactive ketones (excluding diaryl/α,β-unsaturated/α-hetero) is 1. The number of rotatable bonds is 30. The number of esters is 1. The summed E-state index contributed by atoms with van der Waals surface area (Å²) in [5.74, 6) is -0.348. The maximum atomic E-state index is 12.4. The van der Waals surface area contributed by atoms with Crippen LogP contribution in [0.15, 0.2) is 134 Å². The van der Waals surface area contributed by atoms with Crippen molar-refractivity contribution in [3.05, 3.63) is 134 Å². The van der Waals surface area contributed by atoms with E-state index in [-0.39, 0.29) is 24.3 Å². The van der Waals surface area contributed by atoms with Crippen molar-refractivity contribution in [2.75, 3.05) is 6.61 Å². The second-order valence-electron chi connectivity index (χ2n) is 11.6. The molecule has 0 aliphatic heterocycles. The Kier molecular flexibility index (Phi) is 34.8. The van der Waals surface area contributed by atoms with Gasteiger partial charge in [-0.1, -0.05) is 154 Å². The van der Waals surface area contributed by atoms with Crippen molar-refractivity contribution in [1.29, 1.82) is 0 Å². The Hall–Kier alpha value is -3.72. The van der Waals surface area contributed by atoms with E-state index in [9.17, 15) is 9.59 Å². The molecule has 0 rings (SSSR count). The highest BCUT2D eigenvalue weighted by atomic mass is 16.5. The molecular weight excluding hydrogens is 588 g/mol. The summed E-state index contributed by atoms with van der Waals surface area (Å²) in [6.07, 6.45) is 61.9. The van der Waals surface area contributed by atoms with Gasteiger partial charge in [-0.2, -0.15) is 0 Å². The number of ketones is 1. The van der Waals surface area contributed by atoms with Gasteiger partial charge in [0.1, 0.15) is 12.4 Å². The van der Waals surface area contributed by atoms with Crippen molar-refractivity contribution in [2.24, 2.45) is 5.92 Å². The van der Waals surface area contributed by atoms with Gasteiger partial charge >= 0.3 is 5.97 Å². The molecule has 3 nitrogen and oxygen atoms in total. The van der Waals surface area contributed by atoms with E-state index in [1.165, 1.54) is 0 Å². The highest BCUT2D eigenvalue weighted by Gasteiger charge is 2.14. The first kappa shape index (κ1) is 44.3. The third-order valence-corrected chi connectivity index (χ3v) is 7.11. The van der Waals surface area contributed by atoms with Crippen LogP contribution in [-0.2, 0) is 14.3 Å². The van der Waals surface area contributed by atoms with Crippen molar-refractivity contribution in [2.45, 2.75) is 124 Å². The molecule has 0 spiro atoms.